The van der Waals surface area contributed by atoms with E-state index in [0.717, 1.165) is 24.7 Å². The summed E-state index contributed by atoms with van der Waals surface area (Å²) in [5.74, 6) is 0.169. The number of aromatic nitrogens is 3. The highest BCUT2D eigenvalue weighted by Gasteiger charge is 2.34. The fraction of sp³-hybridized carbons (Fsp3) is 0.219. The van der Waals surface area contributed by atoms with Crippen molar-refractivity contribution >= 4 is 45.8 Å². The summed E-state index contributed by atoms with van der Waals surface area (Å²) >= 11 is 12.4. The summed E-state index contributed by atoms with van der Waals surface area (Å²) in [6, 6.07) is 17.1. The zero-order valence-electron chi connectivity index (χ0n) is 24.0. The maximum Gasteiger partial charge on any atom is 0.416 e. The molecule has 0 aliphatic carbocycles. The number of hydrogen-bond donors (Lipinski definition) is 2. The third-order valence-corrected chi connectivity index (χ3v) is 8.12. The summed E-state index contributed by atoms with van der Waals surface area (Å²) in [6.07, 6.45) is -2.92. The van der Waals surface area contributed by atoms with Crippen LogP contribution in [0.4, 0.5) is 18.9 Å². The van der Waals surface area contributed by atoms with E-state index in [-0.39, 0.29) is 40.0 Å². The van der Waals surface area contributed by atoms with Crippen LogP contribution in [0.5, 0.6) is 11.6 Å². The Bertz CT molecular complexity index is 1850. The molecule has 1 amide bonds. The monoisotopic (exact) mass is 654 g/mol. The van der Waals surface area contributed by atoms with Crippen molar-refractivity contribution in [3.8, 4) is 23.0 Å². The Hall–Kier alpha value is -4.16. The van der Waals surface area contributed by atoms with Crippen molar-refractivity contribution < 1.29 is 22.7 Å². The molecule has 13 heteroatoms. The molecule has 232 valence electrons. The third kappa shape index (κ3) is 7.07. The number of carbonyl (C=O) groups excluding carboxylic acids is 1. The fourth-order valence-corrected chi connectivity index (χ4v) is 5.35. The predicted molar refractivity (Wildman–Crippen MR) is 168 cm³/mol. The number of carbonyl (C=O) groups is 1. The van der Waals surface area contributed by atoms with Crippen LogP contribution in [0, 0.1) is 0 Å². The molecule has 5 aromatic rings. The van der Waals surface area contributed by atoms with E-state index in [1.54, 1.807) is 42.6 Å². The smallest absolute Gasteiger partial charge is 0.416 e. The molecule has 2 aromatic heterocycles. The van der Waals surface area contributed by atoms with Gasteiger partial charge in [0.05, 0.1) is 21.8 Å². The number of alkyl halides is 3. The molecule has 0 bridgehead atoms. The minimum absolute atomic E-state index is 0.121. The maximum absolute atomic E-state index is 14.1. The van der Waals surface area contributed by atoms with Crippen molar-refractivity contribution in [2.24, 2.45) is 0 Å². The number of benzene rings is 3. The lowest BCUT2D eigenvalue weighted by Gasteiger charge is -2.33. The zero-order valence-corrected chi connectivity index (χ0v) is 25.5. The number of amides is 1. The van der Waals surface area contributed by atoms with Crippen molar-refractivity contribution in [2.45, 2.75) is 12.7 Å². The van der Waals surface area contributed by atoms with Gasteiger partial charge in [-0.1, -0.05) is 29.3 Å². The molecule has 1 aliphatic rings. The number of fused-ring (bicyclic) bond motifs is 1. The molecule has 3 aromatic carbocycles. The van der Waals surface area contributed by atoms with E-state index < -0.39 is 17.6 Å². The summed E-state index contributed by atoms with van der Waals surface area (Å²) in [6.45, 7) is 3.04. The second kappa shape index (κ2) is 12.7. The van der Waals surface area contributed by atoms with Crippen LogP contribution in [0.1, 0.15) is 21.5 Å². The number of hydrogen-bond acceptors (Lipinski definition) is 6. The van der Waals surface area contributed by atoms with Gasteiger partial charge in [0.1, 0.15) is 11.3 Å². The SMILES string of the molecule is CN1CCN(Cc2ccc(C(=O)Nc3cc(Oc4nc(-c5ccc(Cl)cc5)nc5cc[nH]c45)ccc3Cl)cc2C(F)(F)F)CC1. The number of H-pyrrole nitrogens is 1. The minimum atomic E-state index is -4.63. The quantitative estimate of drug-likeness (QED) is 0.187. The van der Waals surface area contributed by atoms with Gasteiger partial charge in [0.15, 0.2) is 5.82 Å². The third-order valence-electron chi connectivity index (χ3n) is 7.54. The zero-order chi connectivity index (χ0) is 31.7. The van der Waals surface area contributed by atoms with E-state index in [9.17, 15) is 18.0 Å². The van der Waals surface area contributed by atoms with Gasteiger partial charge < -0.3 is 19.9 Å². The molecule has 6 rings (SSSR count). The van der Waals surface area contributed by atoms with Crippen LogP contribution in [0.3, 0.4) is 0 Å². The molecule has 0 unspecified atom stereocenters. The van der Waals surface area contributed by atoms with E-state index in [4.69, 9.17) is 27.9 Å². The number of nitrogens with zero attached hydrogens (tertiary/aromatic N) is 4. The number of halogens is 5. The lowest BCUT2D eigenvalue weighted by atomic mass is 10.0. The Morgan fingerprint density at radius 3 is 2.47 bits per heavy atom. The van der Waals surface area contributed by atoms with Crippen molar-refractivity contribution in [1.29, 1.82) is 0 Å². The van der Waals surface area contributed by atoms with Gasteiger partial charge in [-0.3, -0.25) is 9.69 Å². The van der Waals surface area contributed by atoms with Crippen molar-refractivity contribution in [2.75, 3.05) is 38.5 Å². The molecule has 0 radical (unpaired) electrons. The first kappa shape index (κ1) is 30.8. The number of anilines is 1. The molecule has 1 fully saturated rings. The van der Waals surface area contributed by atoms with Gasteiger partial charge in [0.25, 0.3) is 5.91 Å². The van der Waals surface area contributed by atoms with Gasteiger partial charge in [0, 0.05) is 61.1 Å². The summed E-state index contributed by atoms with van der Waals surface area (Å²) in [5.41, 5.74) is 1.17. The molecule has 0 atom stereocenters. The van der Waals surface area contributed by atoms with Gasteiger partial charge in [-0.2, -0.15) is 18.2 Å². The molecule has 45 heavy (non-hydrogen) atoms. The number of ether oxygens (including phenoxy) is 1. The highest BCUT2D eigenvalue weighted by Crippen LogP contribution is 2.35. The fourth-order valence-electron chi connectivity index (χ4n) is 5.05. The standard InChI is InChI=1S/C32H27Cl2F3N6O2/c1-42-12-14-43(15-13-42)18-21-3-2-20(16-24(21)32(35,36)37)30(44)40-27-17-23(8-9-25(27)34)45-31-28-26(10-11-38-28)39-29(41-31)19-4-6-22(33)7-5-19/h2-11,16-17,38H,12-15,18H2,1H3,(H,40,44). The van der Waals surface area contributed by atoms with Gasteiger partial charge >= 0.3 is 6.18 Å². The number of piperazine rings is 1. The van der Waals surface area contributed by atoms with Gasteiger partial charge in [-0.15, -0.1) is 0 Å². The molecule has 0 saturated carbocycles. The highest BCUT2D eigenvalue weighted by molar-refractivity contribution is 6.34. The average Bonchev–Trinajstić information content (AvgIpc) is 3.49. The summed E-state index contributed by atoms with van der Waals surface area (Å²) in [5, 5.41) is 3.37. The lowest BCUT2D eigenvalue weighted by molar-refractivity contribution is -0.138. The minimum Gasteiger partial charge on any atom is -0.437 e. The van der Waals surface area contributed by atoms with Gasteiger partial charge in [-0.05, 0) is 67.2 Å². The Morgan fingerprint density at radius 2 is 1.73 bits per heavy atom. The Balaban J connectivity index is 1.24. The second-order valence-corrected chi connectivity index (χ2v) is 11.6. The molecular weight excluding hydrogens is 628 g/mol. The molecule has 0 spiro atoms. The maximum atomic E-state index is 14.1. The number of rotatable bonds is 7. The van der Waals surface area contributed by atoms with E-state index in [0.29, 0.717) is 35.0 Å². The Morgan fingerprint density at radius 1 is 0.978 bits per heavy atom. The first-order valence-corrected chi connectivity index (χ1v) is 14.8. The molecule has 1 aliphatic heterocycles. The summed E-state index contributed by atoms with van der Waals surface area (Å²) in [4.78, 5) is 29.5. The molecule has 3 heterocycles. The van der Waals surface area contributed by atoms with Crippen molar-refractivity contribution in [3.05, 3.63) is 99.7 Å². The van der Waals surface area contributed by atoms with Crippen LogP contribution < -0.4 is 10.1 Å². The van der Waals surface area contributed by atoms with Crippen LogP contribution in [-0.4, -0.2) is 63.9 Å². The van der Waals surface area contributed by atoms with Crippen LogP contribution in [0.2, 0.25) is 10.0 Å². The average molecular weight is 656 g/mol. The normalized spacial score (nSPS) is 14.5. The highest BCUT2D eigenvalue weighted by atomic mass is 35.5. The first-order chi connectivity index (χ1) is 21.5. The Kier molecular flexibility index (Phi) is 8.69. The molecule has 2 N–H and O–H groups in total. The molecule has 8 nitrogen and oxygen atoms in total. The predicted octanol–water partition coefficient (Wildman–Crippen LogP) is 7.74. The van der Waals surface area contributed by atoms with Gasteiger partial charge in [-0.25, -0.2) is 4.98 Å². The van der Waals surface area contributed by atoms with Crippen molar-refractivity contribution in [1.82, 2.24) is 24.8 Å². The topological polar surface area (TPSA) is 86.4 Å². The van der Waals surface area contributed by atoms with Crippen LogP contribution >= 0.6 is 23.2 Å². The van der Waals surface area contributed by atoms with E-state index in [1.165, 1.54) is 24.3 Å². The first-order valence-electron chi connectivity index (χ1n) is 14.0. The second-order valence-electron chi connectivity index (χ2n) is 10.7. The summed E-state index contributed by atoms with van der Waals surface area (Å²) < 4.78 is 48.4. The van der Waals surface area contributed by atoms with E-state index >= 15 is 0 Å². The van der Waals surface area contributed by atoms with E-state index in [2.05, 4.69) is 25.2 Å². The largest absolute Gasteiger partial charge is 0.437 e. The number of aromatic amines is 1. The van der Waals surface area contributed by atoms with Crippen molar-refractivity contribution in [3.63, 3.8) is 0 Å². The Labute approximate surface area is 266 Å². The lowest BCUT2D eigenvalue weighted by Crippen LogP contribution is -2.44. The van der Waals surface area contributed by atoms with Crippen LogP contribution in [0.25, 0.3) is 22.4 Å². The van der Waals surface area contributed by atoms with Crippen LogP contribution in [0.15, 0.2) is 72.9 Å². The van der Waals surface area contributed by atoms with Crippen LogP contribution in [-0.2, 0) is 12.7 Å². The molecular formula is C32H27Cl2F3N6O2. The summed E-state index contributed by atoms with van der Waals surface area (Å²) in [7, 11) is 1.98. The number of nitrogens with one attached hydrogen (secondary N) is 2. The van der Waals surface area contributed by atoms with Gasteiger partial charge in [0.2, 0.25) is 5.88 Å². The number of likely N-dealkylation sites (N-methyl/N-ethyl adjacent to an activating group) is 1. The van der Waals surface area contributed by atoms with E-state index in [1.807, 2.05) is 11.9 Å². The molecule has 1 saturated heterocycles.